The summed E-state index contributed by atoms with van der Waals surface area (Å²) in [6.07, 6.45) is 10.7. The number of amides is 1. The first-order valence-electron chi connectivity index (χ1n) is 10.5. The van der Waals surface area contributed by atoms with E-state index in [1.54, 1.807) is 6.07 Å². The maximum Gasteiger partial charge on any atom is 0.255 e. The number of hydrogen-bond donors (Lipinski definition) is 1. The number of rotatable bonds is 5. The molecule has 0 spiro atoms. The van der Waals surface area contributed by atoms with Crippen LogP contribution < -0.4 is 10.1 Å². The molecular weight excluding hydrogens is 376 g/mol. The highest BCUT2D eigenvalue weighted by atomic mass is 32.2. The van der Waals surface area contributed by atoms with Crippen LogP contribution in [-0.4, -0.2) is 44.9 Å². The number of sulfonamides is 1. The molecule has 1 aliphatic heterocycles. The van der Waals surface area contributed by atoms with Crippen LogP contribution in [0.5, 0.6) is 5.75 Å². The van der Waals surface area contributed by atoms with E-state index >= 15 is 0 Å². The molecular formula is C21H32N2O4S. The minimum Gasteiger partial charge on any atom is -0.496 e. The summed E-state index contributed by atoms with van der Waals surface area (Å²) in [6, 6.07) is 4.74. The zero-order valence-corrected chi connectivity index (χ0v) is 17.6. The maximum absolute atomic E-state index is 13.0. The Balaban J connectivity index is 1.81. The van der Waals surface area contributed by atoms with Gasteiger partial charge in [0.05, 0.1) is 17.6 Å². The normalized spacial score (nSPS) is 20.2. The van der Waals surface area contributed by atoms with E-state index in [4.69, 9.17) is 4.74 Å². The molecule has 1 N–H and O–H groups in total. The molecule has 2 aliphatic rings. The van der Waals surface area contributed by atoms with Crippen molar-refractivity contribution in [2.75, 3.05) is 20.2 Å². The zero-order chi connectivity index (χ0) is 20.0. The lowest BCUT2D eigenvalue weighted by Gasteiger charge is -2.26. The number of piperidine rings is 1. The van der Waals surface area contributed by atoms with E-state index in [9.17, 15) is 13.2 Å². The molecule has 0 atom stereocenters. The van der Waals surface area contributed by atoms with Crippen LogP contribution in [0.1, 0.15) is 74.6 Å². The molecule has 1 aromatic carbocycles. The van der Waals surface area contributed by atoms with Gasteiger partial charge in [0, 0.05) is 19.1 Å². The Kier molecular flexibility index (Phi) is 7.35. The van der Waals surface area contributed by atoms with Crippen LogP contribution in [0.3, 0.4) is 0 Å². The van der Waals surface area contributed by atoms with Gasteiger partial charge in [0.25, 0.3) is 5.91 Å². The lowest BCUT2D eigenvalue weighted by atomic mass is 9.96. The number of carbonyl (C=O) groups excluding carboxylic acids is 1. The Morgan fingerprint density at radius 1 is 1.00 bits per heavy atom. The van der Waals surface area contributed by atoms with Crippen molar-refractivity contribution in [3.05, 3.63) is 23.8 Å². The monoisotopic (exact) mass is 408 g/mol. The molecule has 0 radical (unpaired) electrons. The molecule has 2 fully saturated rings. The summed E-state index contributed by atoms with van der Waals surface area (Å²) in [4.78, 5) is 13.1. The SMILES string of the molecule is COc1ccc(S(=O)(=O)N2CCCCC2)cc1C(=O)NC1CCCCCCC1. The van der Waals surface area contributed by atoms with Gasteiger partial charge in [-0.25, -0.2) is 8.42 Å². The lowest BCUT2D eigenvalue weighted by molar-refractivity contribution is 0.0927. The molecule has 7 heteroatoms. The molecule has 156 valence electrons. The van der Waals surface area contributed by atoms with Crippen LogP contribution >= 0.6 is 0 Å². The van der Waals surface area contributed by atoms with Gasteiger partial charge in [-0.15, -0.1) is 0 Å². The summed E-state index contributed by atoms with van der Waals surface area (Å²) < 4.78 is 32.8. The van der Waals surface area contributed by atoms with E-state index < -0.39 is 10.0 Å². The van der Waals surface area contributed by atoms with Crippen LogP contribution in [0, 0.1) is 0 Å². The van der Waals surface area contributed by atoms with Crippen molar-refractivity contribution in [1.29, 1.82) is 0 Å². The number of methoxy groups -OCH3 is 1. The van der Waals surface area contributed by atoms with Crippen molar-refractivity contribution in [2.24, 2.45) is 0 Å². The van der Waals surface area contributed by atoms with Gasteiger partial charge in [-0.3, -0.25) is 4.79 Å². The van der Waals surface area contributed by atoms with Gasteiger partial charge in [-0.2, -0.15) is 4.31 Å². The molecule has 1 saturated carbocycles. The summed E-state index contributed by atoms with van der Waals surface area (Å²) >= 11 is 0. The molecule has 1 heterocycles. The van der Waals surface area contributed by atoms with Gasteiger partial charge in [-0.1, -0.05) is 38.5 Å². The summed E-state index contributed by atoms with van der Waals surface area (Å²) in [7, 11) is -2.09. The second-order valence-corrected chi connectivity index (χ2v) is 9.78. The third-order valence-electron chi connectivity index (χ3n) is 5.81. The van der Waals surface area contributed by atoms with Crippen molar-refractivity contribution in [3.63, 3.8) is 0 Å². The van der Waals surface area contributed by atoms with Gasteiger partial charge in [0.2, 0.25) is 10.0 Å². The molecule has 28 heavy (non-hydrogen) atoms. The first-order valence-corrected chi connectivity index (χ1v) is 12.0. The van der Waals surface area contributed by atoms with E-state index in [1.165, 1.54) is 42.8 Å². The van der Waals surface area contributed by atoms with Gasteiger partial charge in [0.1, 0.15) is 5.75 Å². The van der Waals surface area contributed by atoms with Crippen molar-refractivity contribution >= 4 is 15.9 Å². The topological polar surface area (TPSA) is 75.7 Å². The number of benzene rings is 1. The molecule has 0 aromatic heterocycles. The third-order valence-corrected chi connectivity index (χ3v) is 7.70. The second-order valence-electron chi connectivity index (χ2n) is 7.84. The van der Waals surface area contributed by atoms with Crippen LogP contribution in [0.25, 0.3) is 0 Å². The largest absolute Gasteiger partial charge is 0.496 e. The number of carbonyl (C=O) groups is 1. The molecule has 6 nitrogen and oxygen atoms in total. The van der Waals surface area contributed by atoms with E-state index in [0.29, 0.717) is 24.4 Å². The quantitative estimate of drug-likeness (QED) is 0.806. The van der Waals surface area contributed by atoms with Crippen molar-refractivity contribution in [1.82, 2.24) is 9.62 Å². The molecule has 3 rings (SSSR count). The highest BCUT2D eigenvalue weighted by Gasteiger charge is 2.28. The fourth-order valence-electron chi connectivity index (χ4n) is 4.14. The Bertz CT molecular complexity index is 765. The Morgan fingerprint density at radius 3 is 2.25 bits per heavy atom. The molecule has 0 unspecified atom stereocenters. The average molecular weight is 409 g/mol. The number of hydrogen-bond acceptors (Lipinski definition) is 4. The van der Waals surface area contributed by atoms with E-state index in [2.05, 4.69) is 5.32 Å². The molecule has 0 bridgehead atoms. The van der Waals surface area contributed by atoms with Crippen LogP contribution in [0.15, 0.2) is 23.1 Å². The zero-order valence-electron chi connectivity index (χ0n) is 16.8. The summed E-state index contributed by atoms with van der Waals surface area (Å²) in [5.41, 5.74) is 0.294. The van der Waals surface area contributed by atoms with Gasteiger partial charge in [0.15, 0.2) is 0 Å². The van der Waals surface area contributed by atoms with Gasteiger partial charge in [-0.05, 0) is 43.9 Å². The van der Waals surface area contributed by atoms with Gasteiger partial charge >= 0.3 is 0 Å². The first-order chi connectivity index (χ1) is 13.5. The summed E-state index contributed by atoms with van der Waals surface area (Å²) in [5.74, 6) is 0.152. The molecule has 1 aliphatic carbocycles. The standard InChI is InChI=1S/C21H32N2O4S/c1-27-20-13-12-18(28(25,26)23-14-8-5-9-15-23)16-19(20)21(24)22-17-10-6-3-2-4-7-11-17/h12-13,16-17H,2-11,14-15H2,1H3,(H,22,24). The predicted molar refractivity (Wildman–Crippen MR) is 109 cm³/mol. The Morgan fingerprint density at radius 2 is 1.61 bits per heavy atom. The second kappa shape index (κ2) is 9.74. The average Bonchev–Trinajstić information content (AvgIpc) is 2.70. The smallest absolute Gasteiger partial charge is 0.255 e. The van der Waals surface area contributed by atoms with Crippen molar-refractivity contribution in [3.8, 4) is 5.75 Å². The Hall–Kier alpha value is -1.60. The first kappa shape index (κ1) is 21.1. The highest BCUT2D eigenvalue weighted by molar-refractivity contribution is 7.89. The van der Waals surface area contributed by atoms with Crippen molar-refractivity contribution < 1.29 is 17.9 Å². The molecule has 1 amide bonds. The predicted octanol–water partition coefficient (Wildman–Crippen LogP) is 3.71. The highest BCUT2D eigenvalue weighted by Crippen LogP contribution is 2.27. The lowest BCUT2D eigenvalue weighted by Crippen LogP contribution is -2.37. The van der Waals surface area contributed by atoms with Gasteiger partial charge < -0.3 is 10.1 Å². The van der Waals surface area contributed by atoms with Crippen LogP contribution in [0.4, 0.5) is 0 Å². The number of nitrogens with zero attached hydrogens (tertiary/aromatic N) is 1. The fraction of sp³-hybridized carbons (Fsp3) is 0.667. The molecule has 1 aromatic rings. The van der Waals surface area contributed by atoms with Crippen molar-refractivity contribution in [2.45, 2.75) is 75.1 Å². The maximum atomic E-state index is 13.0. The van der Waals surface area contributed by atoms with E-state index in [0.717, 1.165) is 44.9 Å². The molecule has 1 saturated heterocycles. The number of ether oxygens (including phenoxy) is 1. The minimum atomic E-state index is -3.59. The van der Waals surface area contributed by atoms with E-state index in [1.807, 2.05) is 0 Å². The van der Waals surface area contributed by atoms with Crippen LogP contribution in [-0.2, 0) is 10.0 Å². The Labute approximate surface area is 168 Å². The van der Waals surface area contributed by atoms with Crippen LogP contribution in [0.2, 0.25) is 0 Å². The third kappa shape index (κ3) is 5.06. The number of nitrogens with one attached hydrogen (secondary N) is 1. The summed E-state index contributed by atoms with van der Waals surface area (Å²) in [6.45, 7) is 1.08. The minimum absolute atomic E-state index is 0.139. The summed E-state index contributed by atoms with van der Waals surface area (Å²) in [5, 5.41) is 3.11. The van der Waals surface area contributed by atoms with E-state index in [-0.39, 0.29) is 16.8 Å². The fourth-order valence-corrected chi connectivity index (χ4v) is 5.69.